The molecule has 0 radical (unpaired) electrons. The van der Waals surface area contributed by atoms with E-state index in [1.54, 1.807) is 0 Å². The molecule has 0 amide bonds. The Balaban J connectivity index is 3.05. The molecule has 0 saturated carbocycles. The van der Waals surface area contributed by atoms with Crippen molar-refractivity contribution in [3.05, 3.63) is 22.4 Å². The van der Waals surface area contributed by atoms with Gasteiger partial charge in [0.15, 0.2) is 11.6 Å². The number of hydrogen-bond acceptors (Lipinski definition) is 3. The minimum Gasteiger partial charge on any atom is -0.491 e. The number of hydrogen-bond donors (Lipinski definition) is 2. The van der Waals surface area contributed by atoms with Crippen molar-refractivity contribution in [2.75, 3.05) is 6.61 Å². The molecule has 0 atom stereocenters. The summed E-state index contributed by atoms with van der Waals surface area (Å²) in [6, 6.07) is 2.96. The smallest absolute Gasteiger partial charge is 0.491 e. The predicted molar refractivity (Wildman–Crippen MR) is 59.7 cm³/mol. The number of rotatable bonds is 4. The largest absolute Gasteiger partial charge is 0.492 e. The normalized spacial score (nSPS) is 10.2. The molecule has 15 heavy (non-hydrogen) atoms. The molecule has 0 aliphatic rings. The van der Waals surface area contributed by atoms with Crippen molar-refractivity contribution in [2.45, 2.75) is 13.3 Å². The van der Waals surface area contributed by atoms with Crippen LogP contribution in [0.2, 0.25) is 0 Å². The quantitative estimate of drug-likeness (QED) is 0.809. The van der Waals surface area contributed by atoms with E-state index in [0.717, 1.165) is 6.42 Å². The number of halogens is 2. The molecule has 0 bridgehead atoms. The molecule has 0 spiro atoms. The summed E-state index contributed by atoms with van der Waals surface area (Å²) in [4.78, 5) is 0. The van der Waals surface area contributed by atoms with E-state index < -0.39 is 12.9 Å². The molecule has 0 saturated heterocycles. The zero-order chi connectivity index (χ0) is 11.4. The van der Waals surface area contributed by atoms with Crippen molar-refractivity contribution in [3.8, 4) is 5.75 Å². The highest BCUT2D eigenvalue weighted by Gasteiger charge is 2.23. The van der Waals surface area contributed by atoms with Gasteiger partial charge in [-0.1, -0.05) is 22.9 Å². The third kappa shape index (κ3) is 2.93. The molecule has 0 aliphatic carbocycles. The Bertz CT molecular complexity index is 346. The van der Waals surface area contributed by atoms with Gasteiger partial charge in [0.2, 0.25) is 0 Å². The van der Waals surface area contributed by atoms with Gasteiger partial charge in [-0.3, -0.25) is 0 Å². The Kier molecular flexibility index (Phi) is 4.57. The van der Waals surface area contributed by atoms with E-state index >= 15 is 0 Å². The van der Waals surface area contributed by atoms with Gasteiger partial charge in [0.1, 0.15) is 0 Å². The second kappa shape index (κ2) is 5.49. The van der Waals surface area contributed by atoms with Gasteiger partial charge in [0.05, 0.1) is 6.61 Å². The van der Waals surface area contributed by atoms with Crippen LogP contribution in [0.15, 0.2) is 16.6 Å². The fourth-order valence-corrected chi connectivity index (χ4v) is 1.62. The maximum absolute atomic E-state index is 13.6. The second-order valence-electron chi connectivity index (χ2n) is 3.00. The Morgan fingerprint density at radius 2 is 2.13 bits per heavy atom. The topological polar surface area (TPSA) is 49.7 Å². The van der Waals surface area contributed by atoms with Gasteiger partial charge >= 0.3 is 7.12 Å². The van der Waals surface area contributed by atoms with Crippen LogP contribution in [0.5, 0.6) is 5.75 Å². The lowest BCUT2D eigenvalue weighted by Gasteiger charge is -2.10. The summed E-state index contributed by atoms with van der Waals surface area (Å²) < 4.78 is 19.1. The minimum atomic E-state index is -1.86. The first kappa shape index (κ1) is 12.5. The van der Waals surface area contributed by atoms with Crippen LogP contribution in [0.1, 0.15) is 13.3 Å². The molecule has 3 nitrogen and oxygen atoms in total. The Morgan fingerprint density at radius 1 is 1.47 bits per heavy atom. The first-order chi connectivity index (χ1) is 7.07. The standard InChI is InChI=1S/C9H11BBrFO3/c1-2-5-15-7-4-3-6(11)8(9(7)12)10(13)14/h3-4,13-14H,2,5H2,1H3. The molecule has 0 unspecified atom stereocenters. The van der Waals surface area contributed by atoms with Crippen molar-refractivity contribution >= 4 is 28.5 Å². The highest BCUT2D eigenvalue weighted by atomic mass is 79.9. The highest BCUT2D eigenvalue weighted by Crippen LogP contribution is 2.20. The van der Waals surface area contributed by atoms with Crippen molar-refractivity contribution in [1.29, 1.82) is 0 Å². The van der Waals surface area contributed by atoms with E-state index in [9.17, 15) is 4.39 Å². The lowest BCUT2D eigenvalue weighted by Crippen LogP contribution is -2.34. The lowest BCUT2D eigenvalue weighted by atomic mass is 9.80. The van der Waals surface area contributed by atoms with Crippen LogP contribution < -0.4 is 10.2 Å². The molecule has 1 aromatic carbocycles. The third-order valence-corrected chi connectivity index (χ3v) is 2.50. The van der Waals surface area contributed by atoms with Crippen molar-refractivity contribution in [3.63, 3.8) is 0 Å². The summed E-state index contributed by atoms with van der Waals surface area (Å²) in [5.74, 6) is -0.712. The van der Waals surface area contributed by atoms with Gasteiger partial charge in [-0.2, -0.15) is 0 Å². The Morgan fingerprint density at radius 3 is 2.67 bits per heavy atom. The molecule has 1 aromatic rings. The van der Waals surface area contributed by atoms with Crippen LogP contribution in [0, 0.1) is 5.82 Å². The molecular weight excluding hydrogens is 266 g/mol. The summed E-state index contributed by atoms with van der Waals surface area (Å²) in [6.07, 6.45) is 0.756. The number of benzene rings is 1. The zero-order valence-electron chi connectivity index (χ0n) is 8.20. The molecule has 82 valence electrons. The molecule has 0 fully saturated rings. The summed E-state index contributed by atoms with van der Waals surface area (Å²) in [5, 5.41) is 17.9. The van der Waals surface area contributed by atoms with E-state index in [2.05, 4.69) is 15.9 Å². The summed E-state index contributed by atoms with van der Waals surface area (Å²) in [5.41, 5.74) is -0.205. The molecule has 0 aromatic heterocycles. The first-order valence-corrected chi connectivity index (χ1v) is 5.34. The maximum Gasteiger partial charge on any atom is 0.492 e. The van der Waals surface area contributed by atoms with Crippen molar-refractivity contribution < 1.29 is 19.2 Å². The van der Waals surface area contributed by atoms with E-state index in [1.807, 2.05) is 6.92 Å². The van der Waals surface area contributed by atoms with Crippen LogP contribution in [-0.2, 0) is 0 Å². The van der Waals surface area contributed by atoms with E-state index in [-0.39, 0.29) is 11.2 Å². The molecule has 2 N–H and O–H groups in total. The van der Waals surface area contributed by atoms with Gasteiger partial charge in [-0.05, 0) is 18.6 Å². The first-order valence-electron chi connectivity index (χ1n) is 4.54. The van der Waals surface area contributed by atoms with Gasteiger partial charge in [-0.25, -0.2) is 4.39 Å². The maximum atomic E-state index is 13.6. The molecule has 0 heterocycles. The highest BCUT2D eigenvalue weighted by molar-refractivity contribution is 9.10. The van der Waals surface area contributed by atoms with Crippen LogP contribution >= 0.6 is 15.9 Å². The monoisotopic (exact) mass is 276 g/mol. The van der Waals surface area contributed by atoms with Gasteiger partial charge in [0.25, 0.3) is 0 Å². The molecule has 0 aliphatic heterocycles. The average molecular weight is 277 g/mol. The van der Waals surface area contributed by atoms with Gasteiger partial charge in [-0.15, -0.1) is 0 Å². The van der Waals surface area contributed by atoms with Crippen LogP contribution in [0.3, 0.4) is 0 Å². The lowest BCUT2D eigenvalue weighted by molar-refractivity contribution is 0.301. The SMILES string of the molecule is CCCOc1ccc(Br)c(B(O)O)c1F. The minimum absolute atomic E-state index is 0.0307. The zero-order valence-corrected chi connectivity index (χ0v) is 9.79. The van der Waals surface area contributed by atoms with Crippen LogP contribution in [-0.4, -0.2) is 23.8 Å². The summed E-state index contributed by atoms with van der Waals surface area (Å²) in [6.45, 7) is 2.29. The van der Waals surface area contributed by atoms with Gasteiger partial charge < -0.3 is 14.8 Å². The number of ether oxygens (including phenoxy) is 1. The summed E-state index contributed by atoms with van der Waals surface area (Å²) in [7, 11) is -1.86. The molecule has 6 heteroatoms. The fraction of sp³-hybridized carbons (Fsp3) is 0.333. The molecule has 1 rings (SSSR count). The predicted octanol–water partition coefficient (Wildman–Crippen LogP) is 1.06. The molecular formula is C9H11BBrFO3. The van der Waals surface area contributed by atoms with Crippen molar-refractivity contribution in [2.24, 2.45) is 0 Å². The van der Waals surface area contributed by atoms with E-state index in [0.29, 0.717) is 11.1 Å². The summed E-state index contributed by atoms with van der Waals surface area (Å²) >= 11 is 3.03. The fourth-order valence-electron chi connectivity index (χ4n) is 1.11. The van der Waals surface area contributed by atoms with Crippen LogP contribution in [0.4, 0.5) is 4.39 Å². The Labute approximate surface area is 96.2 Å². The van der Waals surface area contributed by atoms with Gasteiger partial charge in [0, 0.05) is 9.94 Å². The van der Waals surface area contributed by atoms with E-state index in [4.69, 9.17) is 14.8 Å². The van der Waals surface area contributed by atoms with E-state index in [1.165, 1.54) is 12.1 Å². The Hall–Kier alpha value is -0.585. The van der Waals surface area contributed by atoms with Crippen LogP contribution in [0.25, 0.3) is 0 Å². The third-order valence-electron chi connectivity index (χ3n) is 1.81. The second-order valence-corrected chi connectivity index (χ2v) is 3.85. The van der Waals surface area contributed by atoms with Crippen molar-refractivity contribution in [1.82, 2.24) is 0 Å². The average Bonchev–Trinajstić information content (AvgIpc) is 2.16.